The van der Waals surface area contributed by atoms with E-state index in [-0.39, 0.29) is 5.41 Å². The van der Waals surface area contributed by atoms with Gasteiger partial charge in [-0.05, 0) is 25.9 Å². The van der Waals surface area contributed by atoms with Crippen LogP contribution in [-0.2, 0) is 6.54 Å². The van der Waals surface area contributed by atoms with Crippen LogP contribution in [0.25, 0.3) is 0 Å². The van der Waals surface area contributed by atoms with E-state index < -0.39 is 0 Å². The Morgan fingerprint density at radius 1 is 1.53 bits per heavy atom. The lowest BCUT2D eigenvalue weighted by molar-refractivity contribution is 0.205. The van der Waals surface area contributed by atoms with Crippen LogP contribution in [0.5, 0.6) is 0 Å². The summed E-state index contributed by atoms with van der Waals surface area (Å²) in [6, 6.07) is 1.96. The second-order valence-electron chi connectivity index (χ2n) is 4.97. The molecule has 0 radical (unpaired) electrons. The van der Waals surface area contributed by atoms with Crippen molar-refractivity contribution in [3.05, 3.63) is 17.5 Å². The van der Waals surface area contributed by atoms with Gasteiger partial charge in [-0.25, -0.2) is 0 Å². The third-order valence-electron chi connectivity index (χ3n) is 2.36. The van der Waals surface area contributed by atoms with Crippen molar-refractivity contribution in [2.45, 2.75) is 27.3 Å². The minimum atomic E-state index is 0.146. The standard InChI is InChI=1S/C11H21N3O/c1-9-5-10(13-15-9)6-14(4)8-11(2,3)7-12/h5H,6-8,12H2,1-4H3. The van der Waals surface area contributed by atoms with Crippen molar-refractivity contribution < 1.29 is 4.52 Å². The van der Waals surface area contributed by atoms with E-state index in [9.17, 15) is 0 Å². The predicted octanol–water partition coefficient (Wildman–Crippen LogP) is 1.40. The quantitative estimate of drug-likeness (QED) is 0.800. The molecule has 86 valence electrons. The molecule has 0 unspecified atom stereocenters. The van der Waals surface area contributed by atoms with Crippen molar-refractivity contribution in [1.29, 1.82) is 0 Å². The van der Waals surface area contributed by atoms with Gasteiger partial charge in [0, 0.05) is 19.2 Å². The summed E-state index contributed by atoms with van der Waals surface area (Å²) in [4.78, 5) is 2.21. The van der Waals surface area contributed by atoms with E-state index in [1.165, 1.54) is 0 Å². The summed E-state index contributed by atoms with van der Waals surface area (Å²) < 4.78 is 5.02. The molecule has 1 heterocycles. The van der Waals surface area contributed by atoms with E-state index in [2.05, 4.69) is 31.0 Å². The zero-order chi connectivity index (χ0) is 11.5. The monoisotopic (exact) mass is 211 g/mol. The number of aryl methyl sites for hydroxylation is 1. The van der Waals surface area contributed by atoms with E-state index in [0.717, 1.165) is 24.5 Å². The molecule has 1 aromatic rings. The fourth-order valence-electron chi connectivity index (χ4n) is 1.62. The van der Waals surface area contributed by atoms with Gasteiger partial charge in [-0.3, -0.25) is 4.90 Å². The van der Waals surface area contributed by atoms with Crippen LogP contribution < -0.4 is 5.73 Å². The highest BCUT2D eigenvalue weighted by Crippen LogP contribution is 2.15. The summed E-state index contributed by atoms with van der Waals surface area (Å²) in [5.41, 5.74) is 6.81. The average Bonchev–Trinajstić information content (AvgIpc) is 2.50. The number of rotatable bonds is 5. The highest BCUT2D eigenvalue weighted by molar-refractivity contribution is 5.03. The molecular weight excluding hydrogens is 190 g/mol. The molecule has 1 aromatic heterocycles. The summed E-state index contributed by atoms with van der Waals surface area (Å²) in [5, 5.41) is 3.96. The predicted molar refractivity (Wildman–Crippen MR) is 60.4 cm³/mol. The molecular formula is C11H21N3O. The van der Waals surface area contributed by atoms with Gasteiger partial charge in [0.15, 0.2) is 0 Å². The fraction of sp³-hybridized carbons (Fsp3) is 0.727. The average molecular weight is 211 g/mol. The summed E-state index contributed by atoms with van der Waals surface area (Å²) in [6.07, 6.45) is 0. The molecule has 0 bridgehead atoms. The lowest BCUT2D eigenvalue weighted by Crippen LogP contribution is -2.36. The van der Waals surface area contributed by atoms with Crippen molar-refractivity contribution >= 4 is 0 Å². The number of nitrogens with two attached hydrogens (primary N) is 1. The first-order chi connectivity index (χ1) is 6.93. The van der Waals surface area contributed by atoms with Crippen molar-refractivity contribution in [2.75, 3.05) is 20.1 Å². The topological polar surface area (TPSA) is 55.3 Å². The maximum Gasteiger partial charge on any atom is 0.133 e. The number of aromatic nitrogens is 1. The van der Waals surface area contributed by atoms with Gasteiger partial charge in [0.05, 0.1) is 5.69 Å². The van der Waals surface area contributed by atoms with Crippen LogP contribution in [-0.4, -0.2) is 30.2 Å². The van der Waals surface area contributed by atoms with E-state index in [0.29, 0.717) is 6.54 Å². The van der Waals surface area contributed by atoms with Gasteiger partial charge in [-0.1, -0.05) is 19.0 Å². The molecule has 15 heavy (non-hydrogen) atoms. The first kappa shape index (κ1) is 12.2. The third-order valence-corrected chi connectivity index (χ3v) is 2.36. The van der Waals surface area contributed by atoms with Crippen LogP contribution in [0, 0.1) is 12.3 Å². The first-order valence-corrected chi connectivity index (χ1v) is 5.24. The lowest BCUT2D eigenvalue weighted by Gasteiger charge is -2.28. The second-order valence-corrected chi connectivity index (χ2v) is 4.97. The van der Waals surface area contributed by atoms with Crippen LogP contribution >= 0.6 is 0 Å². The molecule has 0 aliphatic carbocycles. The number of nitrogens with zero attached hydrogens (tertiary/aromatic N) is 2. The molecule has 0 saturated heterocycles. The maximum atomic E-state index is 5.69. The van der Waals surface area contributed by atoms with E-state index in [1.54, 1.807) is 0 Å². The number of hydrogen-bond donors (Lipinski definition) is 1. The van der Waals surface area contributed by atoms with Crippen molar-refractivity contribution in [1.82, 2.24) is 10.1 Å². The summed E-state index contributed by atoms with van der Waals surface area (Å²) in [7, 11) is 2.07. The number of hydrogen-bond acceptors (Lipinski definition) is 4. The molecule has 0 spiro atoms. The van der Waals surface area contributed by atoms with Crippen LogP contribution in [0.1, 0.15) is 25.3 Å². The molecule has 4 nitrogen and oxygen atoms in total. The Bertz CT molecular complexity index is 307. The van der Waals surface area contributed by atoms with Gasteiger partial charge in [-0.2, -0.15) is 0 Å². The molecule has 0 fully saturated rings. The molecule has 0 atom stereocenters. The van der Waals surface area contributed by atoms with E-state index >= 15 is 0 Å². The summed E-state index contributed by atoms with van der Waals surface area (Å²) >= 11 is 0. The van der Waals surface area contributed by atoms with Crippen LogP contribution in [0.3, 0.4) is 0 Å². The smallest absolute Gasteiger partial charge is 0.133 e. The van der Waals surface area contributed by atoms with Gasteiger partial charge in [0.25, 0.3) is 0 Å². The Balaban J connectivity index is 2.46. The Kier molecular flexibility index (Phi) is 3.88. The van der Waals surface area contributed by atoms with E-state index in [1.807, 2.05) is 13.0 Å². The molecule has 0 aromatic carbocycles. The second kappa shape index (κ2) is 4.77. The van der Waals surface area contributed by atoms with Crippen molar-refractivity contribution in [3.63, 3.8) is 0 Å². The first-order valence-electron chi connectivity index (χ1n) is 5.24. The highest BCUT2D eigenvalue weighted by Gasteiger charge is 2.18. The normalized spacial score (nSPS) is 12.4. The van der Waals surface area contributed by atoms with Gasteiger partial charge in [0.1, 0.15) is 5.76 Å². The molecule has 0 aliphatic heterocycles. The molecule has 0 amide bonds. The van der Waals surface area contributed by atoms with Gasteiger partial charge < -0.3 is 10.3 Å². The molecule has 4 heteroatoms. The van der Waals surface area contributed by atoms with E-state index in [4.69, 9.17) is 10.3 Å². The maximum absolute atomic E-state index is 5.69. The Hall–Kier alpha value is -0.870. The van der Waals surface area contributed by atoms with Crippen molar-refractivity contribution in [3.8, 4) is 0 Å². The summed E-state index contributed by atoms with van der Waals surface area (Å²) in [6.45, 7) is 8.68. The Morgan fingerprint density at radius 3 is 2.67 bits per heavy atom. The zero-order valence-electron chi connectivity index (χ0n) is 10.1. The largest absolute Gasteiger partial charge is 0.361 e. The summed E-state index contributed by atoms with van der Waals surface area (Å²) in [5.74, 6) is 0.858. The molecule has 1 rings (SSSR count). The third kappa shape index (κ3) is 4.01. The zero-order valence-corrected chi connectivity index (χ0v) is 10.1. The van der Waals surface area contributed by atoms with Gasteiger partial charge in [-0.15, -0.1) is 0 Å². The minimum Gasteiger partial charge on any atom is -0.361 e. The molecule has 0 aliphatic rings. The fourth-order valence-corrected chi connectivity index (χ4v) is 1.62. The highest BCUT2D eigenvalue weighted by atomic mass is 16.5. The SMILES string of the molecule is Cc1cc(CN(C)CC(C)(C)CN)no1. The lowest BCUT2D eigenvalue weighted by atomic mass is 9.93. The van der Waals surface area contributed by atoms with Gasteiger partial charge in [0.2, 0.25) is 0 Å². The van der Waals surface area contributed by atoms with Crippen LogP contribution in [0.2, 0.25) is 0 Å². The van der Waals surface area contributed by atoms with Crippen molar-refractivity contribution in [2.24, 2.45) is 11.1 Å². The Morgan fingerprint density at radius 2 is 2.20 bits per heavy atom. The molecule has 0 saturated carbocycles. The molecule has 2 N–H and O–H groups in total. The van der Waals surface area contributed by atoms with Crippen LogP contribution in [0.4, 0.5) is 0 Å². The van der Waals surface area contributed by atoms with Crippen LogP contribution in [0.15, 0.2) is 10.6 Å². The van der Waals surface area contributed by atoms with Gasteiger partial charge >= 0.3 is 0 Å². The Labute approximate surface area is 91.4 Å². The minimum absolute atomic E-state index is 0.146.